The predicted octanol–water partition coefficient (Wildman–Crippen LogP) is -0.113. The van der Waals surface area contributed by atoms with Crippen LogP contribution in [0.25, 0.3) is 0 Å². The zero-order chi connectivity index (χ0) is 11.3. The van der Waals surface area contributed by atoms with Gasteiger partial charge in [-0.25, -0.2) is 8.42 Å². The minimum atomic E-state index is -2.82. The number of hydrogen-bond acceptors (Lipinski definition) is 4. The quantitative estimate of drug-likeness (QED) is 0.642. The van der Waals surface area contributed by atoms with E-state index in [-0.39, 0.29) is 5.75 Å². The second kappa shape index (κ2) is 6.03. The summed E-state index contributed by atoms with van der Waals surface area (Å²) in [6.07, 6.45) is 1.29. The Kier molecular flexibility index (Phi) is 5.32. The SMILES string of the molecule is CS(=O)(=O)CCN1CCN(CCCl)CC1. The Morgan fingerprint density at radius 3 is 1.93 bits per heavy atom. The fourth-order valence-corrected chi connectivity index (χ4v) is 2.48. The first-order valence-corrected chi connectivity index (χ1v) is 7.79. The smallest absolute Gasteiger partial charge is 0.148 e. The minimum absolute atomic E-state index is 0.266. The fraction of sp³-hybridized carbons (Fsp3) is 1.00. The van der Waals surface area contributed by atoms with Crippen LogP contribution in [0.4, 0.5) is 0 Å². The summed E-state index contributed by atoms with van der Waals surface area (Å²) in [5.41, 5.74) is 0. The van der Waals surface area contributed by atoms with Gasteiger partial charge < -0.3 is 0 Å². The number of nitrogens with zero attached hydrogens (tertiary/aromatic N) is 2. The molecule has 0 aromatic rings. The molecular weight excluding hydrogens is 236 g/mol. The van der Waals surface area contributed by atoms with Crippen LogP contribution in [0.15, 0.2) is 0 Å². The van der Waals surface area contributed by atoms with Gasteiger partial charge in [-0.2, -0.15) is 0 Å². The maximum Gasteiger partial charge on any atom is 0.148 e. The van der Waals surface area contributed by atoms with E-state index in [1.807, 2.05) is 0 Å². The Balaban J connectivity index is 2.20. The van der Waals surface area contributed by atoms with Gasteiger partial charge in [0.1, 0.15) is 9.84 Å². The van der Waals surface area contributed by atoms with Crippen molar-refractivity contribution >= 4 is 21.4 Å². The summed E-state index contributed by atoms with van der Waals surface area (Å²) in [5.74, 6) is 0.936. The van der Waals surface area contributed by atoms with E-state index in [0.29, 0.717) is 12.4 Å². The zero-order valence-corrected chi connectivity index (χ0v) is 10.7. The summed E-state index contributed by atoms with van der Waals surface area (Å²) in [7, 11) is -2.82. The average molecular weight is 255 g/mol. The molecule has 1 fully saturated rings. The highest BCUT2D eigenvalue weighted by atomic mass is 35.5. The standard InChI is InChI=1S/C9H19ClN2O2S/c1-15(13,14)9-8-12-6-4-11(3-2-10)5-7-12/h2-9H2,1H3. The van der Waals surface area contributed by atoms with E-state index in [1.54, 1.807) is 0 Å². The molecule has 1 heterocycles. The van der Waals surface area contributed by atoms with Crippen LogP contribution >= 0.6 is 11.6 Å². The van der Waals surface area contributed by atoms with Gasteiger partial charge >= 0.3 is 0 Å². The van der Waals surface area contributed by atoms with Crippen molar-refractivity contribution in [2.75, 3.05) is 57.2 Å². The van der Waals surface area contributed by atoms with E-state index in [2.05, 4.69) is 9.80 Å². The second-order valence-electron chi connectivity index (χ2n) is 4.00. The molecule has 0 radical (unpaired) electrons. The van der Waals surface area contributed by atoms with Crippen molar-refractivity contribution in [3.8, 4) is 0 Å². The van der Waals surface area contributed by atoms with Crippen molar-refractivity contribution in [2.45, 2.75) is 0 Å². The lowest BCUT2D eigenvalue weighted by molar-refractivity contribution is 0.144. The van der Waals surface area contributed by atoms with Gasteiger partial charge in [-0.3, -0.25) is 9.80 Å². The molecule has 0 aliphatic carbocycles. The van der Waals surface area contributed by atoms with Crippen LogP contribution in [-0.4, -0.2) is 75.4 Å². The Bertz CT molecular complexity index is 274. The summed E-state index contributed by atoms with van der Waals surface area (Å²) in [4.78, 5) is 4.51. The maximum absolute atomic E-state index is 11.0. The molecule has 0 bridgehead atoms. The van der Waals surface area contributed by atoms with Crippen molar-refractivity contribution in [1.82, 2.24) is 9.80 Å². The molecule has 0 amide bonds. The molecule has 1 aliphatic rings. The van der Waals surface area contributed by atoms with Crippen LogP contribution in [0.2, 0.25) is 0 Å². The molecule has 0 N–H and O–H groups in total. The van der Waals surface area contributed by atoms with E-state index in [1.165, 1.54) is 6.26 Å². The molecule has 1 rings (SSSR count). The van der Waals surface area contributed by atoms with Gasteiger partial charge in [0.05, 0.1) is 5.75 Å². The van der Waals surface area contributed by atoms with E-state index >= 15 is 0 Å². The molecule has 0 saturated carbocycles. The van der Waals surface area contributed by atoms with Gasteiger partial charge in [0.25, 0.3) is 0 Å². The average Bonchev–Trinajstić information content (AvgIpc) is 2.16. The lowest BCUT2D eigenvalue weighted by atomic mass is 10.3. The van der Waals surface area contributed by atoms with Crippen LogP contribution < -0.4 is 0 Å². The van der Waals surface area contributed by atoms with Crippen molar-refractivity contribution in [3.05, 3.63) is 0 Å². The van der Waals surface area contributed by atoms with E-state index in [4.69, 9.17) is 11.6 Å². The van der Waals surface area contributed by atoms with Crippen molar-refractivity contribution in [3.63, 3.8) is 0 Å². The number of alkyl halides is 1. The summed E-state index contributed by atoms with van der Waals surface area (Å²) >= 11 is 5.66. The van der Waals surface area contributed by atoms with Crippen LogP contribution in [0.1, 0.15) is 0 Å². The Morgan fingerprint density at radius 1 is 1.07 bits per heavy atom. The molecule has 6 heteroatoms. The number of rotatable bonds is 5. The predicted molar refractivity (Wildman–Crippen MR) is 63.3 cm³/mol. The monoisotopic (exact) mass is 254 g/mol. The molecule has 4 nitrogen and oxygen atoms in total. The Labute approximate surface area is 97.1 Å². The van der Waals surface area contributed by atoms with Crippen molar-refractivity contribution in [1.29, 1.82) is 0 Å². The normalized spacial score (nSPS) is 20.7. The summed E-state index contributed by atoms with van der Waals surface area (Å²) < 4.78 is 22.0. The van der Waals surface area contributed by atoms with Crippen LogP contribution in [0.3, 0.4) is 0 Å². The van der Waals surface area contributed by atoms with E-state index in [0.717, 1.165) is 32.7 Å². The molecule has 0 aromatic heterocycles. The largest absolute Gasteiger partial charge is 0.300 e. The second-order valence-corrected chi connectivity index (χ2v) is 6.64. The van der Waals surface area contributed by atoms with Gasteiger partial charge in [0.15, 0.2) is 0 Å². The van der Waals surface area contributed by atoms with Crippen LogP contribution in [-0.2, 0) is 9.84 Å². The number of piperazine rings is 1. The van der Waals surface area contributed by atoms with Gasteiger partial charge in [-0.1, -0.05) is 0 Å². The summed E-state index contributed by atoms with van der Waals surface area (Å²) in [6.45, 7) is 5.49. The molecule has 15 heavy (non-hydrogen) atoms. The molecule has 0 unspecified atom stereocenters. The number of sulfone groups is 1. The van der Waals surface area contributed by atoms with Gasteiger partial charge in [0, 0.05) is 51.4 Å². The molecule has 90 valence electrons. The highest BCUT2D eigenvalue weighted by Crippen LogP contribution is 2.02. The van der Waals surface area contributed by atoms with E-state index in [9.17, 15) is 8.42 Å². The van der Waals surface area contributed by atoms with Crippen molar-refractivity contribution < 1.29 is 8.42 Å². The first kappa shape index (κ1) is 13.2. The highest BCUT2D eigenvalue weighted by Gasteiger charge is 2.16. The third kappa shape index (κ3) is 5.70. The molecular formula is C9H19ClN2O2S. The lowest BCUT2D eigenvalue weighted by Gasteiger charge is -2.34. The summed E-state index contributed by atoms with van der Waals surface area (Å²) in [5, 5.41) is 0. The highest BCUT2D eigenvalue weighted by molar-refractivity contribution is 7.90. The topological polar surface area (TPSA) is 40.6 Å². The van der Waals surface area contributed by atoms with Gasteiger partial charge in [-0.05, 0) is 0 Å². The molecule has 0 atom stereocenters. The first-order chi connectivity index (χ1) is 7.01. The lowest BCUT2D eigenvalue weighted by Crippen LogP contribution is -2.47. The van der Waals surface area contributed by atoms with Gasteiger partial charge in [0.2, 0.25) is 0 Å². The Morgan fingerprint density at radius 2 is 1.53 bits per heavy atom. The molecule has 0 aromatic carbocycles. The third-order valence-electron chi connectivity index (χ3n) is 2.64. The maximum atomic E-state index is 11.0. The summed E-state index contributed by atoms with van der Waals surface area (Å²) in [6, 6.07) is 0. The van der Waals surface area contributed by atoms with Crippen molar-refractivity contribution in [2.24, 2.45) is 0 Å². The van der Waals surface area contributed by atoms with Crippen LogP contribution in [0, 0.1) is 0 Å². The van der Waals surface area contributed by atoms with Crippen LogP contribution in [0.5, 0.6) is 0 Å². The number of halogens is 1. The zero-order valence-electron chi connectivity index (χ0n) is 9.15. The molecule has 0 spiro atoms. The van der Waals surface area contributed by atoms with E-state index < -0.39 is 9.84 Å². The first-order valence-electron chi connectivity index (χ1n) is 5.19. The minimum Gasteiger partial charge on any atom is -0.300 e. The number of hydrogen-bond donors (Lipinski definition) is 0. The third-order valence-corrected chi connectivity index (χ3v) is 3.74. The van der Waals surface area contributed by atoms with Gasteiger partial charge in [-0.15, -0.1) is 11.6 Å². The fourth-order valence-electron chi connectivity index (χ4n) is 1.65. The molecule has 1 aliphatic heterocycles. The molecule has 1 saturated heterocycles. The Hall–Kier alpha value is 0.160.